The molecule has 2 N–H and O–H groups in total. The van der Waals surface area contributed by atoms with E-state index in [1.807, 2.05) is 0 Å². The zero-order chi connectivity index (χ0) is 19.7. The molecule has 0 aromatic rings. The van der Waals surface area contributed by atoms with Gasteiger partial charge in [0.15, 0.2) is 0 Å². The van der Waals surface area contributed by atoms with Crippen molar-refractivity contribution in [2.45, 2.75) is 18.0 Å². The third-order valence-electron chi connectivity index (χ3n) is 3.84. The molecule has 0 aliphatic rings. The van der Waals surface area contributed by atoms with Crippen molar-refractivity contribution in [2.75, 3.05) is 42.7 Å². The zero-order valence-electron chi connectivity index (χ0n) is 15.2. The van der Waals surface area contributed by atoms with Crippen LogP contribution in [0.5, 0.6) is 0 Å². The van der Waals surface area contributed by atoms with Crippen LogP contribution in [0.2, 0.25) is 5.16 Å². The second kappa shape index (κ2) is 10.8. The first-order valence-corrected chi connectivity index (χ1v) is 10.8. The van der Waals surface area contributed by atoms with E-state index in [-0.39, 0.29) is 18.4 Å². The van der Waals surface area contributed by atoms with Gasteiger partial charge in [-0.25, -0.2) is 9.59 Å². The largest absolute Gasteiger partial charge is 0.507 e. The standard InChI is InChI=1S/C13H26O10Si2/c1-18-24(19-2,20-3)12(25(21-4,22-5)23-6)8-7-10(13(16)17)9-11(14)15/h9,12H,7-8H2,1-6H3,(H,14,15)(H,16,17)/b10-9-. The molecule has 0 spiro atoms. The van der Waals surface area contributed by atoms with Crippen LogP contribution < -0.4 is 0 Å². The van der Waals surface area contributed by atoms with Crippen molar-refractivity contribution in [3.8, 4) is 0 Å². The molecule has 0 fully saturated rings. The summed E-state index contributed by atoms with van der Waals surface area (Å²) >= 11 is 0. The van der Waals surface area contributed by atoms with Gasteiger partial charge in [-0.15, -0.1) is 0 Å². The van der Waals surface area contributed by atoms with Crippen LogP contribution in [0.15, 0.2) is 11.6 Å². The highest BCUT2D eigenvalue weighted by atomic mass is 28.5. The number of aliphatic carboxylic acids is 2. The summed E-state index contributed by atoms with van der Waals surface area (Å²) in [6.07, 6.45) is 0.654. The molecular weight excluding hydrogens is 372 g/mol. The van der Waals surface area contributed by atoms with Crippen molar-refractivity contribution < 1.29 is 46.4 Å². The average Bonchev–Trinajstić information content (AvgIpc) is 2.60. The van der Waals surface area contributed by atoms with Crippen molar-refractivity contribution in [3.05, 3.63) is 11.6 Å². The molecule has 0 heterocycles. The van der Waals surface area contributed by atoms with E-state index in [9.17, 15) is 14.7 Å². The van der Waals surface area contributed by atoms with Crippen LogP contribution in [0.25, 0.3) is 0 Å². The van der Waals surface area contributed by atoms with Crippen LogP contribution in [0.1, 0.15) is 12.8 Å². The molecule has 0 unspecified atom stereocenters. The Morgan fingerprint density at radius 2 is 1.20 bits per heavy atom. The maximum absolute atomic E-state index is 11.3. The van der Waals surface area contributed by atoms with Gasteiger partial charge in [0.25, 0.3) is 0 Å². The first-order valence-electron chi connectivity index (χ1n) is 7.20. The van der Waals surface area contributed by atoms with Crippen LogP contribution in [-0.2, 0) is 36.1 Å². The molecule has 0 rings (SSSR count). The van der Waals surface area contributed by atoms with Crippen LogP contribution in [0.3, 0.4) is 0 Å². The van der Waals surface area contributed by atoms with E-state index in [1.165, 1.54) is 42.7 Å². The minimum Gasteiger partial charge on any atom is -0.478 e. The first kappa shape index (κ1) is 23.9. The van der Waals surface area contributed by atoms with E-state index in [4.69, 9.17) is 31.7 Å². The van der Waals surface area contributed by atoms with Gasteiger partial charge in [-0.2, -0.15) is 0 Å². The number of hydrogen-bond donors (Lipinski definition) is 2. The Morgan fingerprint density at radius 3 is 1.44 bits per heavy atom. The Balaban J connectivity index is 5.91. The fourth-order valence-corrected chi connectivity index (χ4v) is 10.2. The molecule has 0 saturated heterocycles. The van der Waals surface area contributed by atoms with Crippen molar-refractivity contribution >= 4 is 29.5 Å². The highest BCUT2D eigenvalue weighted by Gasteiger charge is 2.63. The summed E-state index contributed by atoms with van der Waals surface area (Å²) in [7, 11) is 1.67. The summed E-state index contributed by atoms with van der Waals surface area (Å²) in [4.78, 5) is 22.1. The number of carboxylic acid groups (broad SMARTS) is 2. The average molecular weight is 399 g/mol. The second-order valence-electron chi connectivity index (χ2n) is 4.84. The normalized spacial score (nSPS) is 13.3. The highest BCUT2D eigenvalue weighted by Crippen LogP contribution is 2.39. The summed E-state index contributed by atoms with van der Waals surface area (Å²) < 4.78 is 32.9. The van der Waals surface area contributed by atoms with Gasteiger partial charge < -0.3 is 36.8 Å². The Morgan fingerprint density at radius 1 is 0.840 bits per heavy atom. The quantitative estimate of drug-likeness (QED) is 0.334. The van der Waals surface area contributed by atoms with Crippen molar-refractivity contribution in [2.24, 2.45) is 0 Å². The molecule has 0 bridgehead atoms. The zero-order valence-corrected chi connectivity index (χ0v) is 17.2. The van der Waals surface area contributed by atoms with E-state index < -0.39 is 34.7 Å². The molecule has 0 radical (unpaired) electrons. The second-order valence-corrected chi connectivity index (χ2v) is 11.7. The maximum atomic E-state index is 11.3. The fraction of sp³-hybridized carbons (Fsp3) is 0.692. The Bertz CT molecular complexity index is 437. The molecule has 10 nitrogen and oxygen atoms in total. The molecule has 0 aromatic heterocycles. The van der Waals surface area contributed by atoms with Crippen LogP contribution in [0, 0.1) is 0 Å². The monoisotopic (exact) mass is 398 g/mol. The van der Waals surface area contributed by atoms with Gasteiger partial charge in [0, 0.05) is 54.3 Å². The lowest BCUT2D eigenvalue weighted by Gasteiger charge is -2.39. The predicted molar refractivity (Wildman–Crippen MR) is 89.9 cm³/mol. The summed E-state index contributed by atoms with van der Waals surface area (Å²) in [5, 5.41) is 17.3. The molecule has 0 aromatic carbocycles. The van der Waals surface area contributed by atoms with Crippen molar-refractivity contribution in [1.82, 2.24) is 0 Å². The summed E-state index contributed by atoms with van der Waals surface area (Å²) in [6, 6.07) is 0. The van der Waals surface area contributed by atoms with Crippen LogP contribution in [0.4, 0.5) is 0 Å². The molecule has 0 aliphatic carbocycles. The van der Waals surface area contributed by atoms with Crippen LogP contribution >= 0.6 is 0 Å². The van der Waals surface area contributed by atoms with Gasteiger partial charge in [0.1, 0.15) is 0 Å². The van der Waals surface area contributed by atoms with E-state index in [1.54, 1.807) is 0 Å². The fourth-order valence-electron chi connectivity index (χ4n) is 2.61. The van der Waals surface area contributed by atoms with Crippen LogP contribution in [-0.4, -0.2) is 82.4 Å². The SMILES string of the molecule is CO[Si](OC)(OC)C(CC/C(=C/C(=O)O)C(=O)O)[Si](OC)(OC)OC. The minimum atomic E-state index is -3.37. The predicted octanol–water partition coefficient (Wildman–Crippen LogP) is 0.528. The Hall–Kier alpha value is -1.13. The van der Waals surface area contributed by atoms with Gasteiger partial charge >= 0.3 is 29.5 Å². The molecule has 0 atom stereocenters. The van der Waals surface area contributed by atoms with Crippen molar-refractivity contribution in [1.29, 1.82) is 0 Å². The topological polar surface area (TPSA) is 130 Å². The van der Waals surface area contributed by atoms with Gasteiger partial charge in [-0.1, -0.05) is 0 Å². The molecule has 25 heavy (non-hydrogen) atoms. The van der Waals surface area contributed by atoms with Gasteiger partial charge in [0.05, 0.1) is 5.16 Å². The maximum Gasteiger partial charge on any atom is 0.507 e. The number of hydrogen-bond acceptors (Lipinski definition) is 8. The number of carboxylic acids is 2. The summed E-state index contributed by atoms with van der Waals surface area (Å²) in [5.74, 6) is -2.68. The molecule has 12 heteroatoms. The smallest absolute Gasteiger partial charge is 0.478 e. The lowest BCUT2D eigenvalue weighted by molar-refractivity contribution is -0.135. The van der Waals surface area contributed by atoms with Gasteiger partial charge in [0.2, 0.25) is 0 Å². The first-order chi connectivity index (χ1) is 11.7. The minimum absolute atomic E-state index is 0.0953. The molecular formula is C13H26O10Si2. The highest BCUT2D eigenvalue weighted by molar-refractivity contribution is 6.82. The summed E-state index contributed by atoms with van der Waals surface area (Å²) in [5.41, 5.74) is -0.282. The molecule has 0 amide bonds. The third kappa shape index (κ3) is 5.68. The summed E-state index contributed by atoms with van der Waals surface area (Å²) in [6.45, 7) is 0. The number of carbonyl (C=O) groups is 2. The Labute approximate surface area is 149 Å². The van der Waals surface area contributed by atoms with E-state index in [0.29, 0.717) is 6.08 Å². The van der Waals surface area contributed by atoms with Gasteiger partial charge in [-0.3, -0.25) is 0 Å². The van der Waals surface area contributed by atoms with E-state index in [0.717, 1.165) is 0 Å². The van der Waals surface area contributed by atoms with E-state index in [2.05, 4.69) is 0 Å². The number of rotatable bonds is 13. The van der Waals surface area contributed by atoms with Crippen molar-refractivity contribution in [3.63, 3.8) is 0 Å². The third-order valence-corrected chi connectivity index (χ3v) is 11.7. The Kier molecular flexibility index (Phi) is 10.3. The lowest BCUT2D eigenvalue weighted by atomic mass is 10.1. The molecule has 0 aliphatic heterocycles. The molecule has 146 valence electrons. The molecule has 0 saturated carbocycles. The van der Waals surface area contributed by atoms with E-state index >= 15 is 0 Å². The van der Waals surface area contributed by atoms with Gasteiger partial charge in [-0.05, 0) is 12.8 Å². The lowest BCUT2D eigenvalue weighted by Crippen LogP contribution is -2.62.